The number of thioether (sulfide) groups is 1. The van der Waals surface area contributed by atoms with Crippen LogP contribution in [0, 0.1) is 0 Å². The van der Waals surface area contributed by atoms with Gasteiger partial charge in [0, 0.05) is 16.6 Å². The second kappa shape index (κ2) is 8.03. The standard InChI is InChI=1S/C19H17Cl2N5OS/c20-12-6-9-15(21)14(10-12)17-24-25-19(26(17)22)28-16(11-4-2-1-3-5-11)18(27)23-13-7-8-13/h1-6,9-10,13,16H,7-8,22H2,(H,23,27)/t16-/m1/s1. The summed E-state index contributed by atoms with van der Waals surface area (Å²) in [5.41, 5.74) is 1.45. The molecule has 3 aromatic rings. The third kappa shape index (κ3) is 4.11. The van der Waals surface area contributed by atoms with Crippen molar-refractivity contribution >= 4 is 40.9 Å². The zero-order chi connectivity index (χ0) is 19.7. The number of nitrogens with two attached hydrogens (primary N) is 1. The maximum absolute atomic E-state index is 12.8. The summed E-state index contributed by atoms with van der Waals surface area (Å²) in [7, 11) is 0. The first-order chi connectivity index (χ1) is 13.5. The number of amides is 1. The molecule has 0 bridgehead atoms. The monoisotopic (exact) mass is 433 g/mol. The molecule has 1 aromatic heterocycles. The third-order valence-corrected chi connectivity index (χ3v) is 6.10. The van der Waals surface area contributed by atoms with Crippen LogP contribution < -0.4 is 11.2 Å². The van der Waals surface area contributed by atoms with Crippen molar-refractivity contribution in [1.29, 1.82) is 0 Å². The van der Waals surface area contributed by atoms with Crippen molar-refractivity contribution in [2.45, 2.75) is 29.3 Å². The predicted octanol–water partition coefficient (Wildman–Crippen LogP) is 4.08. The number of aromatic nitrogens is 3. The van der Waals surface area contributed by atoms with Crippen molar-refractivity contribution in [1.82, 2.24) is 20.2 Å². The highest BCUT2D eigenvalue weighted by atomic mass is 35.5. The minimum absolute atomic E-state index is 0.0657. The minimum Gasteiger partial charge on any atom is -0.352 e. The van der Waals surface area contributed by atoms with Gasteiger partial charge in [0.05, 0.1) is 5.02 Å². The first-order valence-electron chi connectivity index (χ1n) is 8.71. The second-order valence-electron chi connectivity index (χ2n) is 6.49. The number of carbonyl (C=O) groups excluding carboxylic acids is 1. The summed E-state index contributed by atoms with van der Waals surface area (Å²) in [5, 5.41) is 12.3. The van der Waals surface area contributed by atoms with E-state index in [1.165, 1.54) is 16.4 Å². The third-order valence-electron chi connectivity index (χ3n) is 4.32. The number of benzene rings is 2. The van der Waals surface area contributed by atoms with Gasteiger partial charge in [0.2, 0.25) is 11.1 Å². The number of nitrogen functional groups attached to an aromatic ring is 1. The number of hydrogen-bond acceptors (Lipinski definition) is 5. The Morgan fingerprint density at radius 3 is 2.64 bits per heavy atom. The quantitative estimate of drug-likeness (QED) is 0.451. The number of halogens is 2. The van der Waals surface area contributed by atoms with Crippen LogP contribution in [0.5, 0.6) is 0 Å². The van der Waals surface area contributed by atoms with Crippen LogP contribution >= 0.6 is 35.0 Å². The maximum Gasteiger partial charge on any atom is 0.238 e. The normalized spacial score (nSPS) is 14.6. The summed E-state index contributed by atoms with van der Waals surface area (Å²) in [5.74, 6) is 6.55. The molecule has 0 spiro atoms. The van der Waals surface area contributed by atoms with E-state index in [1.807, 2.05) is 30.3 Å². The molecular formula is C19H17Cl2N5OS. The molecule has 1 aliphatic rings. The Morgan fingerprint density at radius 2 is 1.93 bits per heavy atom. The van der Waals surface area contributed by atoms with Gasteiger partial charge in [-0.25, -0.2) is 4.68 Å². The first kappa shape index (κ1) is 19.1. The van der Waals surface area contributed by atoms with Gasteiger partial charge in [-0.3, -0.25) is 4.79 Å². The molecule has 144 valence electrons. The van der Waals surface area contributed by atoms with Crippen LogP contribution in [0.1, 0.15) is 23.7 Å². The summed E-state index contributed by atoms with van der Waals surface area (Å²) in [6.45, 7) is 0. The number of nitrogens with one attached hydrogen (secondary N) is 1. The highest BCUT2D eigenvalue weighted by Gasteiger charge is 2.30. The zero-order valence-electron chi connectivity index (χ0n) is 14.7. The molecule has 2 aromatic carbocycles. The van der Waals surface area contributed by atoms with Crippen LogP contribution in [0.25, 0.3) is 11.4 Å². The summed E-state index contributed by atoms with van der Waals surface area (Å²) in [6.07, 6.45) is 2.03. The summed E-state index contributed by atoms with van der Waals surface area (Å²) < 4.78 is 1.34. The van der Waals surface area contributed by atoms with Gasteiger partial charge in [0.25, 0.3) is 0 Å². The molecule has 0 radical (unpaired) electrons. The fourth-order valence-corrected chi connectivity index (χ4v) is 4.06. The Hall–Kier alpha value is -2.22. The van der Waals surface area contributed by atoms with E-state index in [4.69, 9.17) is 29.0 Å². The Kier molecular flexibility index (Phi) is 5.48. The molecule has 0 unspecified atom stereocenters. The molecule has 28 heavy (non-hydrogen) atoms. The first-order valence-corrected chi connectivity index (χ1v) is 10.3. The lowest BCUT2D eigenvalue weighted by atomic mass is 10.1. The second-order valence-corrected chi connectivity index (χ2v) is 8.41. The van der Waals surface area contributed by atoms with E-state index in [1.54, 1.807) is 18.2 Å². The molecule has 1 amide bonds. The molecule has 0 saturated heterocycles. The van der Waals surface area contributed by atoms with E-state index in [2.05, 4.69) is 15.5 Å². The van der Waals surface area contributed by atoms with Crippen molar-refractivity contribution < 1.29 is 4.79 Å². The zero-order valence-corrected chi connectivity index (χ0v) is 17.0. The molecular weight excluding hydrogens is 417 g/mol. The van der Waals surface area contributed by atoms with Crippen LogP contribution in [0.4, 0.5) is 0 Å². The SMILES string of the molecule is Nn1c(S[C@@H](C(=O)NC2CC2)c2ccccc2)nnc1-c1cc(Cl)ccc1Cl. The largest absolute Gasteiger partial charge is 0.352 e. The van der Waals surface area contributed by atoms with Gasteiger partial charge >= 0.3 is 0 Å². The molecule has 1 fully saturated rings. The fourth-order valence-electron chi connectivity index (χ4n) is 2.72. The molecule has 1 heterocycles. The smallest absolute Gasteiger partial charge is 0.238 e. The predicted molar refractivity (Wildman–Crippen MR) is 112 cm³/mol. The van der Waals surface area contributed by atoms with E-state index in [-0.39, 0.29) is 11.9 Å². The van der Waals surface area contributed by atoms with Crippen molar-refractivity contribution in [2.24, 2.45) is 0 Å². The molecule has 6 nitrogen and oxygen atoms in total. The van der Waals surface area contributed by atoms with Gasteiger partial charge < -0.3 is 11.2 Å². The Balaban J connectivity index is 1.65. The molecule has 1 saturated carbocycles. The van der Waals surface area contributed by atoms with Gasteiger partial charge in [0.1, 0.15) is 5.25 Å². The lowest BCUT2D eigenvalue weighted by Gasteiger charge is -2.16. The molecule has 4 rings (SSSR count). The average molecular weight is 434 g/mol. The van der Waals surface area contributed by atoms with Gasteiger partial charge in [-0.2, -0.15) is 0 Å². The Bertz CT molecular complexity index is 1010. The lowest BCUT2D eigenvalue weighted by Crippen LogP contribution is -2.30. The van der Waals surface area contributed by atoms with E-state index in [0.29, 0.717) is 26.6 Å². The molecule has 9 heteroatoms. The molecule has 1 aliphatic carbocycles. The van der Waals surface area contributed by atoms with Crippen LogP contribution in [0.15, 0.2) is 53.7 Å². The fraction of sp³-hybridized carbons (Fsp3) is 0.211. The van der Waals surface area contributed by atoms with E-state index in [9.17, 15) is 4.79 Å². The van der Waals surface area contributed by atoms with E-state index >= 15 is 0 Å². The summed E-state index contributed by atoms with van der Waals surface area (Å²) in [4.78, 5) is 12.8. The van der Waals surface area contributed by atoms with E-state index in [0.717, 1.165) is 18.4 Å². The van der Waals surface area contributed by atoms with Crippen molar-refractivity contribution in [3.63, 3.8) is 0 Å². The minimum atomic E-state index is -0.490. The maximum atomic E-state index is 12.8. The van der Waals surface area contributed by atoms with Crippen molar-refractivity contribution in [2.75, 3.05) is 5.84 Å². The molecule has 0 aliphatic heterocycles. The summed E-state index contributed by atoms with van der Waals surface area (Å²) >= 11 is 13.6. The number of carbonyl (C=O) groups is 1. The Morgan fingerprint density at radius 1 is 1.18 bits per heavy atom. The average Bonchev–Trinajstić information content (AvgIpc) is 3.44. The lowest BCUT2D eigenvalue weighted by molar-refractivity contribution is -0.120. The molecule has 3 N–H and O–H groups in total. The van der Waals surface area contributed by atoms with Crippen LogP contribution in [0.2, 0.25) is 10.0 Å². The summed E-state index contributed by atoms with van der Waals surface area (Å²) in [6, 6.07) is 14.8. The van der Waals surface area contributed by atoms with E-state index < -0.39 is 5.25 Å². The van der Waals surface area contributed by atoms with Gasteiger partial charge in [-0.15, -0.1) is 10.2 Å². The molecule has 1 atom stereocenters. The van der Waals surface area contributed by atoms with Crippen molar-refractivity contribution in [3.05, 3.63) is 64.1 Å². The van der Waals surface area contributed by atoms with Gasteiger partial charge in [-0.1, -0.05) is 65.3 Å². The van der Waals surface area contributed by atoms with Crippen molar-refractivity contribution in [3.8, 4) is 11.4 Å². The Labute approximate surface area is 176 Å². The highest BCUT2D eigenvalue weighted by Crippen LogP contribution is 2.37. The topological polar surface area (TPSA) is 85.8 Å². The van der Waals surface area contributed by atoms with Crippen LogP contribution in [-0.2, 0) is 4.79 Å². The van der Waals surface area contributed by atoms with Crippen LogP contribution in [-0.4, -0.2) is 26.8 Å². The number of hydrogen-bond donors (Lipinski definition) is 2. The van der Waals surface area contributed by atoms with Gasteiger partial charge in [-0.05, 0) is 36.6 Å². The van der Waals surface area contributed by atoms with Gasteiger partial charge in [0.15, 0.2) is 5.82 Å². The highest BCUT2D eigenvalue weighted by molar-refractivity contribution is 8.00. The number of rotatable bonds is 6. The number of nitrogens with zero attached hydrogens (tertiary/aromatic N) is 3. The van der Waals surface area contributed by atoms with Crippen LogP contribution in [0.3, 0.4) is 0 Å².